The van der Waals surface area contributed by atoms with Crippen LogP contribution in [0.1, 0.15) is 24.8 Å². The molecule has 0 saturated carbocycles. The Labute approximate surface area is 204 Å². The summed E-state index contributed by atoms with van der Waals surface area (Å²) in [7, 11) is 1.72. The minimum atomic E-state index is 0.335. The van der Waals surface area contributed by atoms with Gasteiger partial charge in [-0.25, -0.2) is 9.97 Å². The molecule has 0 saturated heterocycles. The number of anilines is 1. The van der Waals surface area contributed by atoms with Crippen LogP contribution < -0.4 is 5.32 Å². The van der Waals surface area contributed by atoms with Gasteiger partial charge in [0.25, 0.3) is 0 Å². The van der Waals surface area contributed by atoms with Crippen molar-refractivity contribution in [2.75, 3.05) is 25.6 Å². The Hall–Kier alpha value is -3.97. The largest absolute Gasteiger partial charge is 0.464 e. The summed E-state index contributed by atoms with van der Waals surface area (Å²) in [5.41, 5.74) is 4.86. The standard InChI is InChI=1S/C28H29N5O2/c1-20(21-9-4-3-5-10-21)18-29-28-30-19-24-27(32-28)33(14-8-15-34-2)26(31-24)23-12-6-11-22(17-23)25-13-7-16-35-25/h3-7,9-13,16-17,19-20H,8,14-15,18H2,1-2H3,(H,29,30,32). The summed E-state index contributed by atoms with van der Waals surface area (Å²) < 4.78 is 13.1. The quantitative estimate of drug-likeness (QED) is 0.254. The van der Waals surface area contributed by atoms with E-state index in [1.54, 1.807) is 19.6 Å². The molecule has 5 aromatic rings. The van der Waals surface area contributed by atoms with Gasteiger partial charge in [-0.3, -0.25) is 0 Å². The first-order valence-electron chi connectivity index (χ1n) is 11.9. The molecule has 2 aromatic carbocycles. The summed E-state index contributed by atoms with van der Waals surface area (Å²) in [6.45, 7) is 4.34. The van der Waals surface area contributed by atoms with Crippen LogP contribution in [0.15, 0.2) is 83.6 Å². The van der Waals surface area contributed by atoms with E-state index in [2.05, 4.69) is 58.2 Å². The lowest BCUT2D eigenvalue weighted by Gasteiger charge is -2.13. The topological polar surface area (TPSA) is 78.0 Å². The molecule has 3 heterocycles. The zero-order valence-corrected chi connectivity index (χ0v) is 20.0. The number of benzene rings is 2. The first-order chi connectivity index (χ1) is 17.2. The van der Waals surface area contributed by atoms with Crippen molar-refractivity contribution in [1.82, 2.24) is 19.5 Å². The lowest BCUT2D eigenvalue weighted by atomic mass is 10.0. The van der Waals surface area contributed by atoms with Crippen LogP contribution in [0.2, 0.25) is 0 Å². The van der Waals surface area contributed by atoms with Gasteiger partial charge in [-0.15, -0.1) is 0 Å². The average Bonchev–Trinajstić information content (AvgIpc) is 3.57. The van der Waals surface area contributed by atoms with Crippen molar-refractivity contribution in [2.45, 2.75) is 25.8 Å². The number of hydrogen-bond acceptors (Lipinski definition) is 6. The van der Waals surface area contributed by atoms with Gasteiger partial charge in [0.05, 0.1) is 12.5 Å². The van der Waals surface area contributed by atoms with Gasteiger partial charge in [0, 0.05) is 37.9 Å². The number of ether oxygens (including phenoxy) is 1. The maximum Gasteiger partial charge on any atom is 0.224 e. The van der Waals surface area contributed by atoms with Gasteiger partial charge < -0.3 is 19.0 Å². The van der Waals surface area contributed by atoms with Crippen LogP contribution in [0.3, 0.4) is 0 Å². The maximum atomic E-state index is 5.60. The summed E-state index contributed by atoms with van der Waals surface area (Å²) in [6.07, 6.45) is 4.33. The molecule has 7 nitrogen and oxygen atoms in total. The van der Waals surface area contributed by atoms with Gasteiger partial charge >= 0.3 is 0 Å². The van der Waals surface area contributed by atoms with Crippen molar-refractivity contribution in [3.05, 3.63) is 84.8 Å². The molecule has 0 spiro atoms. The van der Waals surface area contributed by atoms with Gasteiger partial charge in [-0.1, -0.05) is 55.5 Å². The summed E-state index contributed by atoms with van der Waals surface area (Å²) in [6, 6.07) is 22.5. The van der Waals surface area contributed by atoms with E-state index < -0.39 is 0 Å². The number of rotatable bonds is 10. The first-order valence-corrected chi connectivity index (χ1v) is 11.9. The molecule has 1 atom stereocenters. The first kappa shape index (κ1) is 22.8. The second-order valence-electron chi connectivity index (χ2n) is 8.59. The Morgan fingerprint density at radius 1 is 1.00 bits per heavy atom. The van der Waals surface area contributed by atoms with Crippen molar-refractivity contribution in [2.24, 2.45) is 0 Å². The highest BCUT2D eigenvalue weighted by Crippen LogP contribution is 2.29. The zero-order valence-electron chi connectivity index (χ0n) is 20.0. The fourth-order valence-corrected chi connectivity index (χ4v) is 4.20. The van der Waals surface area contributed by atoms with E-state index in [-0.39, 0.29) is 0 Å². The number of aryl methyl sites for hydroxylation is 1. The Balaban J connectivity index is 1.46. The second kappa shape index (κ2) is 10.5. The van der Waals surface area contributed by atoms with Crippen molar-refractivity contribution in [3.63, 3.8) is 0 Å². The van der Waals surface area contributed by atoms with Crippen molar-refractivity contribution in [3.8, 4) is 22.7 Å². The third-order valence-corrected chi connectivity index (χ3v) is 6.08. The fourth-order valence-electron chi connectivity index (χ4n) is 4.20. The number of fused-ring (bicyclic) bond motifs is 1. The minimum absolute atomic E-state index is 0.335. The number of imidazole rings is 1. The van der Waals surface area contributed by atoms with E-state index in [9.17, 15) is 0 Å². The molecule has 5 rings (SSSR count). The molecular weight excluding hydrogens is 438 g/mol. The number of nitrogens with zero attached hydrogens (tertiary/aromatic N) is 4. The molecule has 0 aliphatic heterocycles. The van der Waals surface area contributed by atoms with Crippen LogP contribution >= 0.6 is 0 Å². The number of furan rings is 1. The Morgan fingerprint density at radius 3 is 2.66 bits per heavy atom. The highest BCUT2D eigenvalue weighted by molar-refractivity contribution is 5.78. The molecule has 178 valence electrons. The van der Waals surface area contributed by atoms with E-state index in [1.165, 1.54) is 5.56 Å². The average molecular weight is 468 g/mol. The fraction of sp³-hybridized carbons (Fsp3) is 0.250. The molecule has 1 N–H and O–H groups in total. The number of aromatic nitrogens is 4. The summed E-state index contributed by atoms with van der Waals surface area (Å²) in [5.74, 6) is 2.62. The molecule has 0 amide bonds. The van der Waals surface area contributed by atoms with Crippen molar-refractivity contribution >= 4 is 17.1 Å². The van der Waals surface area contributed by atoms with Crippen LogP contribution in [-0.2, 0) is 11.3 Å². The summed E-state index contributed by atoms with van der Waals surface area (Å²) in [5, 5.41) is 3.41. The predicted molar refractivity (Wildman–Crippen MR) is 138 cm³/mol. The summed E-state index contributed by atoms with van der Waals surface area (Å²) >= 11 is 0. The number of methoxy groups -OCH3 is 1. The highest BCUT2D eigenvalue weighted by atomic mass is 16.5. The molecule has 0 aliphatic rings. The molecule has 0 radical (unpaired) electrons. The lowest BCUT2D eigenvalue weighted by molar-refractivity contribution is 0.191. The number of hydrogen-bond donors (Lipinski definition) is 1. The van der Waals surface area contributed by atoms with E-state index in [4.69, 9.17) is 19.1 Å². The molecule has 3 aromatic heterocycles. The van der Waals surface area contributed by atoms with E-state index in [0.717, 1.165) is 53.4 Å². The van der Waals surface area contributed by atoms with Crippen LogP contribution in [0.4, 0.5) is 5.95 Å². The smallest absolute Gasteiger partial charge is 0.224 e. The second-order valence-corrected chi connectivity index (χ2v) is 8.59. The zero-order chi connectivity index (χ0) is 24.0. The van der Waals surface area contributed by atoms with Crippen molar-refractivity contribution < 1.29 is 9.15 Å². The molecule has 0 bridgehead atoms. The van der Waals surface area contributed by atoms with Gasteiger partial charge in [0.15, 0.2) is 5.65 Å². The Kier molecular flexibility index (Phi) is 6.86. The lowest BCUT2D eigenvalue weighted by Crippen LogP contribution is -2.12. The highest BCUT2D eigenvalue weighted by Gasteiger charge is 2.16. The molecular formula is C28H29N5O2. The summed E-state index contributed by atoms with van der Waals surface area (Å²) in [4.78, 5) is 14.3. The monoisotopic (exact) mass is 467 g/mol. The molecule has 1 unspecified atom stereocenters. The predicted octanol–water partition coefficient (Wildman–Crippen LogP) is 6.01. The normalized spacial score (nSPS) is 12.2. The van der Waals surface area contributed by atoms with Gasteiger partial charge in [0.1, 0.15) is 17.1 Å². The molecule has 7 heteroatoms. The third kappa shape index (κ3) is 5.10. The Bertz CT molecular complexity index is 1380. The maximum absolute atomic E-state index is 5.60. The van der Waals surface area contributed by atoms with Gasteiger partial charge in [-0.05, 0) is 36.1 Å². The van der Waals surface area contributed by atoms with E-state index in [0.29, 0.717) is 18.5 Å². The molecule has 0 aliphatic carbocycles. The van der Waals surface area contributed by atoms with Gasteiger partial charge in [-0.2, -0.15) is 4.98 Å². The molecule has 0 fully saturated rings. The van der Waals surface area contributed by atoms with Crippen LogP contribution in [0.25, 0.3) is 33.9 Å². The molecule has 35 heavy (non-hydrogen) atoms. The third-order valence-electron chi connectivity index (χ3n) is 6.08. The van der Waals surface area contributed by atoms with Crippen LogP contribution in [0.5, 0.6) is 0 Å². The van der Waals surface area contributed by atoms with E-state index in [1.807, 2.05) is 30.3 Å². The number of nitrogens with one attached hydrogen (secondary N) is 1. The van der Waals surface area contributed by atoms with Gasteiger partial charge in [0.2, 0.25) is 5.95 Å². The van der Waals surface area contributed by atoms with E-state index >= 15 is 0 Å². The van der Waals surface area contributed by atoms with Crippen molar-refractivity contribution in [1.29, 1.82) is 0 Å². The Morgan fingerprint density at radius 2 is 1.86 bits per heavy atom. The van der Waals surface area contributed by atoms with Crippen LogP contribution in [0, 0.1) is 0 Å². The SMILES string of the molecule is COCCCn1c(-c2cccc(-c3ccco3)c2)nc2cnc(NCC(C)c3ccccc3)nc21. The van der Waals surface area contributed by atoms with Crippen LogP contribution in [-0.4, -0.2) is 39.8 Å². The minimum Gasteiger partial charge on any atom is -0.464 e.